The molecule has 0 aromatic heterocycles. The fourth-order valence-electron chi connectivity index (χ4n) is 4.42. The molecule has 1 aliphatic carbocycles. The monoisotopic (exact) mass is 582 g/mol. The highest BCUT2D eigenvalue weighted by Gasteiger charge is 2.40. The molecule has 0 atom stereocenters. The molecule has 1 saturated carbocycles. The van der Waals surface area contributed by atoms with Crippen molar-refractivity contribution in [3.63, 3.8) is 0 Å². The molecule has 0 spiro atoms. The Morgan fingerprint density at radius 3 is 1.76 bits per heavy atom. The highest BCUT2D eigenvalue weighted by molar-refractivity contribution is 5.79. The Morgan fingerprint density at radius 2 is 1.29 bits per heavy atom. The quantitative estimate of drug-likeness (QED) is 0.233. The fraction of sp³-hybridized carbons (Fsp3) is 0.286. The van der Waals surface area contributed by atoms with Crippen LogP contribution >= 0.6 is 0 Å². The second-order valence-electron chi connectivity index (χ2n) is 9.32. The lowest BCUT2D eigenvalue weighted by atomic mass is 9.77. The lowest BCUT2D eigenvalue weighted by Gasteiger charge is -2.37. The summed E-state index contributed by atoms with van der Waals surface area (Å²) in [5.74, 6) is -2.31. The van der Waals surface area contributed by atoms with Crippen molar-refractivity contribution in [2.75, 3.05) is 0 Å². The molecule has 2 amide bonds. The first-order valence-corrected chi connectivity index (χ1v) is 12.4. The van der Waals surface area contributed by atoms with Crippen LogP contribution in [0.1, 0.15) is 36.0 Å². The largest absolute Gasteiger partial charge is 0.573 e. The first kappa shape index (κ1) is 29.6. The van der Waals surface area contributed by atoms with Gasteiger partial charge in [0.1, 0.15) is 11.5 Å². The van der Waals surface area contributed by atoms with E-state index < -0.39 is 41.8 Å². The first-order chi connectivity index (χ1) is 19.3. The van der Waals surface area contributed by atoms with E-state index in [1.165, 1.54) is 24.3 Å². The van der Waals surface area contributed by atoms with Crippen LogP contribution in [-0.2, 0) is 21.6 Å². The van der Waals surface area contributed by atoms with Gasteiger partial charge >= 0.3 is 24.7 Å². The van der Waals surface area contributed by atoms with Gasteiger partial charge in [-0.2, -0.15) is 5.48 Å². The van der Waals surface area contributed by atoms with Gasteiger partial charge in [-0.05, 0) is 53.8 Å². The number of carbonyl (C=O) groups excluding carboxylic acids is 2. The Balaban J connectivity index is 1.81. The summed E-state index contributed by atoms with van der Waals surface area (Å²) in [6.45, 7) is 0. The van der Waals surface area contributed by atoms with E-state index in [9.17, 15) is 35.9 Å². The zero-order valence-electron chi connectivity index (χ0n) is 21.2. The van der Waals surface area contributed by atoms with Crippen molar-refractivity contribution >= 4 is 12.0 Å². The SMILES string of the molecule is O=C(NOC(=O)C1CCC1)NC(Cc1ccccc1)(c1cccc(OC(F)(F)F)c1)c1cccc(OC(F)(F)F)c1. The zero-order valence-corrected chi connectivity index (χ0v) is 21.2. The number of nitrogens with one attached hydrogen (secondary N) is 2. The normalized spacial score (nSPS) is 14.0. The first-order valence-electron chi connectivity index (χ1n) is 12.4. The standard InChI is InChI=1S/C28H24F6N2O5/c29-27(30,31)39-22-13-5-11-20(15-22)26(17-18-7-2-1-3-8-18,21-12-6-14-23(16-21)40-28(32,33)34)35-25(38)36-41-24(37)19-9-4-10-19/h1-3,5-8,11-16,19H,4,9-10,17H2,(H2,35,36,38). The Morgan fingerprint density at radius 1 is 0.756 bits per heavy atom. The van der Waals surface area contributed by atoms with Crippen molar-refractivity contribution in [2.24, 2.45) is 5.92 Å². The summed E-state index contributed by atoms with van der Waals surface area (Å²) < 4.78 is 86.5. The number of alkyl halides is 6. The van der Waals surface area contributed by atoms with Gasteiger partial charge < -0.3 is 19.6 Å². The second kappa shape index (κ2) is 12.0. The summed E-state index contributed by atoms with van der Waals surface area (Å²) >= 11 is 0. The highest BCUT2D eigenvalue weighted by Crippen LogP contribution is 2.38. The third kappa shape index (κ3) is 8.05. The van der Waals surface area contributed by atoms with Crippen molar-refractivity contribution in [3.8, 4) is 11.5 Å². The average Bonchev–Trinajstić information content (AvgIpc) is 2.85. The van der Waals surface area contributed by atoms with Gasteiger partial charge in [-0.1, -0.05) is 61.0 Å². The number of halogens is 6. The molecule has 218 valence electrons. The number of hydrogen-bond acceptors (Lipinski definition) is 5. The molecule has 0 unspecified atom stereocenters. The number of benzene rings is 3. The molecule has 7 nitrogen and oxygen atoms in total. The smallest absolute Gasteiger partial charge is 0.406 e. The molecule has 2 N–H and O–H groups in total. The predicted octanol–water partition coefficient (Wildman–Crippen LogP) is 6.53. The Labute approximate surface area is 230 Å². The maximum absolute atomic E-state index is 13.1. The van der Waals surface area contributed by atoms with E-state index in [1.807, 2.05) is 5.48 Å². The van der Waals surface area contributed by atoms with Gasteiger partial charge in [0.2, 0.25) is 0 Å². The van der Waals surface area contributed by atoms with E-state index in [-0.39, 0.29) is 23.5 Å². The molecule has 0 aliphatic heterocycles. The van der Waals surface area contributed by atoms with Crippen LogP contribution in [0.2, 0.25) is 0 Å². The van der Waals surface area contributed by atoms with Crippen LogP contribution in [-0.4, -0.2) is 24.7 Å². The zero-order chi connectivity index (χ0) is 29.7. The molecular formula is C28H24F6N2O5. The lowest BCUT2D eigenvalue weighted by molar-refractivity contribution is -0.275. The van der Waals surface area contributed by atoms with Gasteiger partial charge in [0.05, 0.1) is 11.5 Å². The third-order valence-corrected chi connectivity index (χ3v) is 6.44. The number of hydroxylamine groups is 1. The van der Waals surface area contributed by atoms with Gasteiger partial charge in [-0.3, -0.25) is 0 Å². The van der Waals surface area contributed by atoms with Gasteiger partial charge in [0.25, 0.3) is 0 Å². The van der Waals surface area contributed by atoms with Gasteiger partial charge in [-0.15, -0.1) is 26.3 Å². The summed E-state index contributed by atoms with van der Waals surface area (Å²) in [6, 6.07) is 16.6. The number of urea groups is 1. The van der Waals surface area contributed by atoms with Crippen molar-refractivity contribution in [3.05, 3.63) is 95.6 Å². The molecule has 0 radical (unpaired) electrons. The number of rotatable bonds is 8. The van der Waals surface area contributed by atoms with Crippen molar-refractivity contribution in [1.29, 1.82) is 0 Å². The molecule has 4 rings (SSSR count). The van der Waals surface area contributed by atoms with Crippen LogP contribution in [0.15, 0.2) is 78.9 Å². The molecule has 1 aliphatic rings. The maximum atomic E-state index is 13.1. The lowest BCUT2D eigenvalue weighted by Crippen LogP contribution is -2.52. The summed E-state index contributed by atoms with van der Waals surface area (Å²) in [5.41, 5.74) is 0.781. The van der Waals surface area contributed by atoms with Crippen molar-refractivity contribution in [1.82, 2.24) is 10.8 Å². The Hall–Kier alpha value is -4.42. The minimum atomic E-state index is -5.04. The van der Waals surface area contributed by atoms with E-state index in [0.717, 1.165) is 30.7 Å². The number of amides is 2. The van der Waals surface area contributed by atoms with E-state index >= 15 is 0 Å². The Bertz CT molecular complexity index is 1300. The summed E-state index contributed by atoms with van der Waals surface area (Å²) in [4.78, 5) is 30.2. The van der Waals surface area contributed by atoms with Crippen LogP contribution in [0.25, 0.3) is 0 Å². The number of ether oxygens (including phenoxy) is 2. The Kier molecular flexibility index (Phi) is 8.64. The van der Waals surface area contributed by atoms with Crippen LogP contribution in [0.3, 0.4) is 0 Å². The molecule has 41 heavy (non-hydrogen) atoms. The molecule has 0 bridgehead atoms. The van der Waals surface area contributed by atoms with Gasteiger partial charge in [0.15, 0.2) is 0 Å². The third-order valence-electron chi connectivity index (χ3n) is 6.44. The van der Waals surface area contributed by atoms with Gasteiger partial charge in [0, 0.05) is 6.42 Å². The summed E-state index contributed by atoms with van der Waals surface area (Å²) in [5, 5.41) is 2.62. The average molecular weight is 582 g/mol. The molecule has 0 heterocycles. The topological polar surface area (TPSA) is 85.9 Å². The molecule has 13 heteroatoms. The van der Waals surface area contributed by atoms with E-state index in [1.54, 1.807) is 30.3 Å². The van der Waals surface area contributed by atoms with E-state index in [0.29, 0.717) is 18.4 Å². The molecule has 0 saturated heterocycles. The highest BCUT2D eigenvalue weighted by atomic mass is 19.4. The van der Waals surface area contributed by atoms with E-state index in [4.69, 9.17) is 4.84 Å². The molecule has 1 fully saturated rings. The molecular weight excluding hydrogens is 558 g/mol. The van der Waals surface area contributed by atoms with Crippen molar-refractivity contribution < 1.29 is 50.2 Å². The summed E-state index contributed by atoms with van der Waals surface area (Å²) in [6.07, 6.45) is -8.21. The van der Waals surface area contributed by atoms with E-state index in [2.05, 4.69) is 14.8 Å². The minimum Gasteiger partial charge on any atom is -0.406 e. The second-order valence-corrected chi connectivity index (χ2v) is 9.32. The number of hydrogen-bond donors (Lipinski definition) is 2. The minimum absolute atomic E-state index is 0.0210. The summed E-state index contributed by atoms with van der Waals surface area (Å²) in [7, 11) is 0. The maximum Gasteiger partial charge on any atom is 0.573 e. The van der Waals surface area contributed by atoms with Gasteiger partial charge in [-0.25, -0.2) is 9.59 Å². The van der Waals surface area contributed by atoms with Crippen molar-refractivity contribution in [2.45, 2.75) is 43.9 Å². The van der Waals surface area contributed by atoms with Crippen LogP contribution < -0.4 is 20.3 Å². The molecule has 3 aromatic carbocycles. The number of carbonyl (C=O) groups is 2. The van der Waals surface area contributed by atoms with Crippen LogP contribution in [0.4, 0.5) is 31.1 Å². The fourth-order valence-corrected chi connectivity index (χ4v) is 4.42. The van der Waals surface area contributed by atoms with Crippen LogP contribution in [0, 0.1) is 5.92 Å². The van der Waals surface area contributed by atoms with Crippen LogP contribution in [0.5, 0.6) is 11.5 Å². The molecule has 3 aromatic rings. The predicted molar refractivity (Wildman–Crippen MR) is 132 cm³/mol.